The number of carbonyl (C=O) groups excluding carboxylic acids is 1. The number of benzene rings is 3. The van der Waals surface area contributed by atoms with Crippen molar-refractivity contribution in [1.29, 1.82) is 0 Å². The largest absolute Gasteiger partial charge is 0.493 e. The third-order valence-electron chi connectivity index (χ3n) is 4.91. The molecule has 0 aromatic heterocycles. The molecule has 0 saturated carbocycles. The molecule has 0 atom stereocenters. The molecule has 0 unspecified atom stereocenters. The molecule has 33 heavy (non-hydrogen) atoms. The van der Waals surface area contributed by atoms with E-state index in [2.05, 4.69) is 5.32 Å². The van der Waals surface area contributed by atoms with E-state index < -0.39 is 10.0 Å². The summed E-state index contributed by atoms with van der Waals surface area (Å²) in [6, 6.07) is 20.8. The van der Waals surface area contributed by atoms with E-state index in [1.54, 1.807) is 50.6 Å². The van der Waals surface area contributed by atoms with Crippen molar-refractivity contribution in [1.82, 2.24) is 4.31 Å². The maximum Gasteiger partial charge on any atom is 0.248 e. The van der Waals surface area contributed by atoms with E-state index in [1.807, 2.05) is 30.3 Å². The Morgan fingerprint density at radius 2 is 1.61 bits per heavy atom. The Balaban J connectivity index is 1.64. The van der Waals surface area contributed by atoms with Gasteiger partial charge in [-0.15, -0.1) is 0 Å². The van der Waals surface area contributed by atoms with Crippen LogP contribution < -0.4 is 14.8 Å². The van der Waals surface area contributed by atoms with Crippen molar-refractivity contribution in [2.24, 2.45) is 0 Å². The molecule has 3 aromatic rings. The zero-order valence-corrected chi connectivity index (χ0v) is 19.5. The number of sulfonamides is 1. The Bertz CT molecular complexity index is 1220. The third-order valence-corrected chi connectivity index (χ3v) is 6.73. The molecule has 8 heteroatoms. The first-order valence-electron chi connectivity index (χ1n) is 10.1. The number of nitrogens with one attached hydrogen (secondary N) is 1. The van der Waals surface area contributed by atoms with E-state index in [9.17, 15) is 13.2 Å². The second kappa shape index (κ2) is 10.8. The highest BCUT2D eigenvalue weighted by molar-refractivity contribution is 7.89. The standard InChI is InChI=1S/C25H26N2O5S/c1-27(18-20-7-5-4-6-8-20)33(29,30)22-13-11-21(12-14-22)26-25(28)16-10-19-9-15-23(31-2)24(17-19)32-3/h4-17H,18H2,1-3H3,(H,26,28)/b16-10+. The summed E-state index contributed by atoms with van der Waals surface area (Å²) in [5.74, 6) is 0.819. The maximum atomic E-state index is 12.8. The molecule has 3 rings (SSSR count). The van der Waals surface area contributed by atoms with Gasteiger partial charge in [-0.3, -0.25) is 4.79 Å². The Morgan fingerprint density at radius 3 is 2.24 bits per heavy atom. The monoisotopic (exact) mass is 466 g/mol. The second-order valence-electron chi connectivity index (χ2n) is 7.21. The zero-order valence-electron chi connectivity index (χ0n) is 18.7. The van der Waals surface area contributed by atoms with E-state index in [-0.39, 0.29) is 17.3 Å². The van der Waals surface area contributed by atoms with Crippen LogP contribution in [0.15, 0.2) is 83.8 Å². The molecule has 0 radical (unpaired) electrons. The van der Waals surface area contributed by atoms with Gasteiger partial charge in [-0.25, -0.2) is 8.42 Å². The summed E-state index contributed by atoms with van der Waals surface area (Å²) in [7, 11) is 0.979. The predicted molar refractivity (Wildman–Crippen MR) is 129 cm³/mol. The first-order chi connectivity index (χ1) is 15.8. The van der Waals surface area contributed by atoms with E-state index in [0.717, 1.165) is 11.1 Å². The highest BCUT2D eigenvalue weighted by atomic mass is 32.2. The van der Waals surface area contributed by atoms with Gasteiger partial charge in [-0.2, -0.15) is 4.31 Å². The second-order valence-corrected chi connectivity index (χ2v) is 9.25. The highest BCUT2D eigenvalue weighted by Crippen LogP contribution is 2.28. The summed E-state index contributed by atoms with van der Waals surface area (Å²) in [5.41, 5.74) is 2.15. The van der Waals surface area contributed by atoms with Gasteiger partial charge in [0.05, 0.1) is 19.1 Å². The van der Waals surface area contributed by atoms with E-state index in [4.69, 9.17) is 9.47 Å². The molecule has 0 fully saturated rings. The van der Waals surface area contributed by atoms with Gasteiger partial charge in [0.1, 0.15) is 0 Å². The van der Waals surface area contributed by atoms with Crippen LogP contribution >= 0.6 is 0 Å². The Hall–Kier alpha value is -3.62. The van der Waals surface area contributed by atoms with Crippen LogP contribution in [0.5, 0.6) is 11.5 Å². The fraction of sp³-hybridized carbons (Fsp3) is 0.160. The molecule has 172 valence electrons. The van der Waals surface area contributed by atoms with Crippen molar-refractivity contribution in [3.63, 3.8) is 0 Å². The number of nitrogens with zero attached hydrogens (tertiary/aromatic N) is 1. The summed E-state index contributed by atoms with van der Waals surface area (Å²) in [6.07, 6.45) is 3.04. The topological polar surface area (TPSA) is 84.9 Å². The lowest BCUT2D eigenvalue weighted by Crippen LogP contribution is -2.26. The Labute approximate surface area is 194 Å². The first kappa shape index (κ1) is 24.0. The van der Waals surface area contributed by atoms with Crippen LogP contribution in [0.1, 0.15) is 11.1 Å². The van der Waals surface area contributed by atoms with Crippen molar-refractivity contribution >= 4 is 27.7 Å². The maximum absolute atomic E-state index is 12.8. The summed E-state index contributed by atoms with van der Waals surface area (Å²) < 4.78 is 37.4. The van der Waals surface area contributed by atoms with Gasteiger partial charge in [0.15, 0.2) is 11.5 Å². The minimum atomic E-state index is -3.66. The number of ether oxygens (including phenoxy) is 2. The summed E-state index contributed by atoms with van der Waals surface area (Å²) >= 11 is 0. The minimum absolute atomic E-state index is 0.153. The molecule has 0 aliphatic heterocycles. The van der Waals surface area contributed by atoms with Crippen LogP contribution in [-0.2, 0) is 21.4 Å². The molecule has 7 nitrogen and oxygen atoms in total. The number of hydrogen-bond acceptors (Lipinski definition) is 5. The van der Waals surface area contributed by atoms with Gasteiger partial charge in [-0.05, 0) is 53.6 Å². The third kappa shape index (κ3) is 6.21. The van der Waals surface area contributed by atoms with Crippen LogP contribution in [-0.4, -0.2) is 39.9 Å². The number of amides is 1. The summed E-state index contributed by atoms with van der Waals surface area (Å²) in [4.78, 5) is 12.4. The van der Waals surface area contributed by atoms with Crippen molar-refractivity contribution < 1.29 is 22.7 Å². The molecule has 0 aliphatic carbocycles. The van der Waals surface area contributed by atoms with Crippen molar-refractivity contribution in [3.8, 4) is 11.5 Å². The molecule has 1 N–H and O–H groups in total. The Kier molecular flexibility index (Phi) is 7.87. The molecular weight excluding hydrogens is 440 g/mol. The summed E-state index contributed by atoms with van der Waals surface area (Å²) in [5, 5.41) is 2.72. The lowest BCUT2D eigenvalue weighted by Gasteiger charge is -2.17. The van der Waals surface area contributed by atoms with E-state index in [1.165, 1.54) is 29.6 Å². The first-order valence-corrected chi connectivity index (χ1v) is 11.6. The molecule has 1 amide bonds. The zero-order chi connectivity index (χ0) is 23.8. The SMILES string of the molecule is COc1ccc(/C=C/C(=O)Nc2ccc(S(=O)(=O)N(C)Cc3ccccc3)cc2)cc1OC. The fourth-order valence-electron chi connectivity index (χ4n) is 3.13. The lowest BCUT2D eigenvalue weighted by atomic mass is 10.2. The number of rotatable bonds is 9. The van der Waals surface area contributed by atoms with Crippen molar-refractivity contribution in [2.75, 3.05) is 26.6 Å². The van der Waals surface area contributed by atoms with E-state index >= 15 is 0 Å². The molecule has 3 aromatic carbocycles. The number of methoxy groups -OCH3 is 2. The molecule has 0 heterocycles. The number of anilines is 1. The van der Waals surface area contributed by atoms with Crippen LogP contribution in [0.3, 0.4) is 0 Å². The predicted octanol–water partition coefficient (Wildman–Crippen LogP) is 4.18. The average Bonchev–Trinajstić information content (AvgIpc) is 2.83. The van der Waals surface area contributed by atoms with Gasteiger partial charge in [0.2, 0.25) is 15.9 Å². The molecular formula is C25H26N2O5S. The fourth-order valence-corrected chi connectivity index (χ4v) is 4.29. The van der Waals surface area contributed by atoms with Crippen LogP contribution in [0.2, 0.25) is 0 Å². The quantitative estimate of drug-likeness (QED) is 0.479. The Morgan fingerprint density at radius 1 is 0.939 bits per heavy atom. The molecule has 0 saturated heterocycles. The summed E-state index contributed by atoms with van der Waals surface area (Å²) in [6.45, 7) is 0.266. The normalized spacial score (nSPS) is 11.5. The van der Waals surface area contributed by atoms with Crippen molar-refractivity contribution in [3.05, 3.63) is 90.0 Å². The molecule has 0 spiro atoms. The smallest absolute Gasteiger partial charge is 0.248 e. The average molecular weight is 467 g/mol. The number of carbonyl (C=O) groups is 1. The van der Waals surface area contributed by atoms with E-state index in [0.29, 0.717) is 17.2 Å². The van der Waals surface area contributed by atoms with Crippen LogP contribution in [0.25, 0.3) is 6.08 Å². The van der Waals surface area contributed by atoms with Gasteiger partial charge in [0.25, 0.3) is 0 Å². The van der Waals surface area contributed by atoms with Crippen LogP contribution in [0.4, 0.5) is 5.69 Å². The van der Waals surface area contributed by atoms with Gasteiger partial charge >= 0.3 is 0 Å². The molecule has 0 bridgehead atoms. The van der Waals surface area contributed by atoms with Gasteiger partial charge in [0, 0.05) is 25.4 Å². The van der Waals surface area contributed by atoms with Gasteiger partial charge < -0.3 is 14.8 Å². The highest BCUT2D eigenvalue weighted by Gasteiger charge is 2.20. The van der Waals surface area contributed by atoms with Crippen molar-refractivity contribution in [2.45, 2.75) is 11.4 Å². The van der Waals surface area contributed by atoms with Crippen LogP contribution in [0, 0.1) is 0 Å². The number of hydrogen-bond donors (Lipinski definition) is 1. The van der Waals surface area contributed by atoms with Gasteiger partial charge in [-0.1, -0.05) is 36.4 Å². The minimum Gasteiger partial charge on any atom is -0.493 e. The molecule has 0 aliphatic rings. The lowest BCUT2D eigenvalue weighted by molar-refractivity contribution is -0.111.